The number of imide groups is 1. The largest absolute Gasteiger partial charge is 0.484 e. The van der Waals surface area contributed by atoms with E-state index >= 15 is 0 Å². The third-order valence-corrected chi connectivity index (χ3v) is 4.89. The van der Waals surface area contributed by atoms with E-state index in [1.165, 1.54) is 6.26 Å². The first kappa shape index (κ1) is 20.6. The molecule has 8 heteroatoms. The van der Waals surface area contributed by atoms with E-state index in [9.17, 15) is 9.59 Å². The van der Waals surface area contributed by atoms with Crippen molar-refractivity contribution in [2.45, 2.75) is 32.7 Å². The van der Waals surface area contributed by atoms with Gasteiger partial charge in [0.15, 0.2) is 6.61 Å². The van der Waals surface area contributed by atoms with Gasteiger partial charge in [0.05, 0.1) is 18.5 Å². The zero-order valence-corrected chi connectivity index (χ0v) is 17.3. The number of amides is 3. The molecule has 0 saturated heterocycles. The van der Waals surface area contributed by atoms with Gasteiger partial charge in [-0.1, -0.05) is 20.8 Å². The number of nitrogens with zero attached hydrogens (tertiary/aromatic N) is 1. The van der Waals surface area contributed by atoms with E-state index in [0.717, 1.165) is 16.3 Å². The maximum Gasteiger partial charge on any atom is 0.321 e. The Kier molecular flexibility index (Phi) is 6.33. The first-order valence-electron chi connectivity index (χ1n) is 9.10. The summed E-state index contributed by atoms with van der Waals surface area (Å²) in [5, 5.41) is 7.74. The lowest BCUT2D eigenvalue weighted by molar-refractivity contribution is -0.122. The molecule has 29 heavy (non-hydrogen) atoms. The van der Waals surface area contributed by atoms with Crippen LogP contribution in [0, 0.1) is 0 Å². The van der Waals surface area contributed by atoms with Crippen LogP contribution in [0.4, 0.5) is 4.79 Å². The van der Waals surface area contributed by atoms with E-state index in [4.69, 9.17) is 9.15 Å². The summed E-state index contributed by atoms with van der Waals surface area (Å²) in [6.45, 7) is 6.32. The molecule has 0 unspecified atom stereocenters. The number of rotatable bonds is 6. The minimum absolute atomic E-state index is 0.00934. The lowest BCUT2D eigenvalue weighted by atomic mass is 9.93. The normalized spacial score (nSPS) is 11.1. The van der Waals surface area contributed by atoms with Gasteiger partial charge in [0.1, 0.15) is 16.5 Å². The van der Waals surface area contributed by atoms with E-state index in [0.29, 0.717) is 11.5 Å². The van der Waals surface area contributed by atoms with E-state index in [-0.39, 0.29) is 18.6 Å². The van der Waals surface area contributed by atoms with Gasteiger partial charge >= 0.3 is 6.03 Å². The van der Waals surface area contributed by atoms with Gasteiger partial charge in [-0.15, -0.1) is 11.3 Å². The summed E-state index contributed by atoms with van der Waals surface area (Å²) in [4.78, 5) is 28.2. The number of aromatic nitrogens is 1. The van der Waals surface area contributed by atoms with Gasteiger partial charge in [0.25, 0.3) is 5.91 Å². The summed E-state index contributed by atoms with van der Waals surface area (Å²) in [6, 6.07) is 10.2. The minimum Gasteiger partial charge on any atom is -0.484 e. The number of carbonyl (C=O) groups is 2. The monoisotopic (exact) mass is 413 g/mol. The minimum atomic E-state index is -0.608. The van der Waals surface area contributed by atoms with Crippen molar-refractivity contribution in [1.82, 2.24) is 15.6 Å². The lowest BCUT2D eigenvalue weighted by Gasteiger charge is -2.14. The van der Waals surface area contributed by atoms with Crippen molar-refractivity contribution in [3.8, 4) is 16.3 Å². The predicted octanol–water partition coefficient (Wildman–Crippen LogP) is 4.11. The number of hydrogen-bond acceptors (Lipinski definition) is 6. The summed E-state index contributed by atoms with van der Waals surface area (Å²) in [6.07, 6.45) is 1.51. The van der Waals surface area contributed by atoms with Crippen LogP contribution >= 0.6 is 11.3 Å². The van der Waals surface area contributed by atoms with Crippen molar-refractivity contribution >= 4 is 23.3 Å². The fourth-order valence-corrected chi connectivity index (χ4v) is 3.43. The number of ether oxygens (including phenoxy) is 1. The Morgan fingerprint density at radius 1 is 1.17 bits per heavy atom. The van der Waals surface area contributed by atoms with Crippen molar-refractivity contribution in [3.05, 3.63) is 59.5 Å². The third-order valence-electron chi connectivity index (χ3n) is 4.00. The van der Waals surface area contributed by atoms with E-state index in [1.807, 2.05) is 12.1 Å². The molecule has 0 fully saturated rings. The highest BCUT2D eigenvalue weighted by Crippen LogP contribution is 2.30. The number of hydrogen-bond donors (Lipinski definition) is 2. The van der Waals surface area contributed by atoms with Crippen LogP contribution in [-0.4, -0.2) is 23.5 Å². The smallest absolute Gasteiger partial charge is 0.321 e. The number of nitrogens with one attached hydrogen (secondary N) is 2. The highest BCUT2D eigenvalue weighted by molar-refractivity contribution is 7.13. The predicted molar refractivity (Wildman–Crippen MR) is 111 cm³/mol. The van der Waals surface area contributed by atoms with Crippen LogP contribution in [0.2, 0.25) is 0 Å². The molecule has 2 aromatic heterocycles. The second kappa shape index (κ2) is 8.91. The highest BCUT2D eigenvalue weighted by Gasteiger charge is 2.18. The molecule has 2 N–H and O–H groups in total. The maximum atomic E-state index is 11.8. The van der Waals surface area contributed by atoms with Crippen molar-refractivity contribution in [2.75, 3.05) is 6.61 Å². The molecule has 0 aliphatic carbocycles. The Labute approximate surface area is 173 Å². The molecule has 0 bridgehead atoms. The van der Waals surface area contributed by atoms with Gasteiger partial charge in [-0.2, -0.15) is 0 Å². The third kappa shape index (κ3) is 5.92. The summed E-state index contributed by atoms with van der Waals surface area (Å²) < 4.78 is 10.5. The number of urea groups is 1. The van der Waals surface area contributed by atoms with Crippen molar-refractivity contribution in [1.29, 1.82) is 0 Å². The second-order valence-electron chi connectivity index (χ2n) is 7.41. The molecule has 0 aliphatic rings. The number of thiazole rings is 1. The topological polar surface area (TPSA) is 93.5 Å². The average molecular weight is 413 g/mol. The molecule has 0 aliphatic heterocycles. The quantitative estimate of drug-likeness (QED) is 0.634. The van der Waals surface area contributed by atoms with E-state index < -0.39 is 11.9 Å². The molecule has 3 rings (SSSR count). The Hall–Kier alpha value is -3.13. The Morgan fingerprint density at radius 2 is 1.93 bits per heavy atom. The molecule has 7 nitrogen and oxygen atoms in total. The van der Waals surface area contributed by atoms with Crippen molar-refractivity contribution < 1.29 is 18.7 Å². The lowest BCUT2D eigenvalue weighted by Crippen LogP contribution is -2.41. The van der Waals surface area contributed by atoms with Crippen molar-refractivity contribution in [3.63, 3.8) is 0 Å². The summed E-state index contributed by atoms with van der Waals surface area (Å²) in [5.41, 5.74) is 2.05. The Bertz CT molecular complexity index is 957. The molecule has 1 aromatic carbocycles. The molecule has 0 radical (unpaired) electrons. The molecular weight excluding hydrogens is 390 g/mol. The molecule has 0 atom stereocenters. The van der Waals surface area contributed by atoms with Gasteiger partial charge in [-0.3, -0.25) is 10.1 Å². The standard InChI is InChI=1S/C21H23N3O4S/c1-21(2,3)17-13-29-19(23-17)14-6-8-15(9-7-14)28-12-18(25)24-20(26)22-11-16-5-4-10-27-16/h4-10,13H,11-12H2,1-3H3,(H2,22,24,25,26). The molecule has 0 spiro atoms. The summed E-state index contributed by atoms with van der Waals surface area (Å²) in [5.74, 6) is 0.590. The second-order valence-corrected chi connectivity index (χ2v) is 8.27. The number of furan rings is 1. The van der Waals surface area contributed by atoms with Crippen LogP contribution in [0.1, 0.15) is 32.2 Å². The maximum absolute atomic E-state index is 11.8. The summed E-state index contributed by atoms with van der Waals surface area (Å²) in [7, 11) is 0. The highest BCUT2D eigenvalue weighted by atomic mass is 32.1. The fraction of sp³-hybridized carbons (Fsp3) is 0.286. The van der Waals surface area contributed by atoms with Crippen LogP contribution < -0.4 is 15.4 Å². The van der Waals surface area contributed by atoms with Crippen LogP contribution in [-0.2, 0) is 16.8 Å². The van der Waals surface area contributed by atoms with Gasteiger partial charge in [-0.25, -0.2) is 9.78 Å². The molecule has 3 amide bonds. The Balaban J connectivity index is 1.46. The zero-order valence-electron chi connectivity index (χ0n) is 16.5. The molecule has 2 heterocycles. The fourth-order valence-electron chi connectivity index (χ4n) is 2.38. The number of benzene rings is 1. The molecule has 152 valence electrons. The van der Waals surface area contributed by atoms with Crippen LogP contribution in [0.3, 0.4) is 0 Å². The van der Waals surface area contributed by atoms with Crippen LogP contribution in [0.5, 0.6) is 5.75 Å². The first-order chi connectivity index (χ1) is 13.8. The zero-order chi connectivity index (χ0) is 20.9. The van der Waals surface area contributed by atoms with E-state index in [2.05, 4.69) is 41.8 Å². The molecular formula is C21H23N3O4S. The SMILES string of the molecule is CC(C)(C)c1csc(-c2ccc(OCC(=O)NC(=O)NCc3ccco3)cc2)n1. The van der Waals surface area contributed by atoms with Gasteiger partial charge in [-0.05, 0) is 36.4 Å². The van der Waals surface area contributed by atoms with Gasteiger partial charge in [0.2, 0.25) is 0 Å². The first-order valence-corrected chi connectivity index (χ1v) is 9.98. The Morgan fingerprint density at radius 3 is 2.55 bits per heavy atom. The number of carbonyl (C=O) groups excluding carboxylic acids is 2. The molecule has 0 saturated carbocycles. The summed E-state index contributed by atoms with van der Waals surface area (Å²) >= 11 is 1.60. The van der Waals surface area contributed by atoms with Gasteiger partial charge < -0.3 is 14.5 Å². The van der Waals surface area contributed by atoms with Crippen LogP contribution in [0.25, 0.3) is 10.6 Å². The van der Waals surface area contributed by atoms with E-state index in [1.54, 1.807) is 35.6 Å². The van der Waals surface area contributed by atoms with Crippen molar-refractivity contribution in [2.24, 2.45) is 0 Å². The molecule has 3 aromatic rings. The van der Waals surface area contributed by atoms with Gasteiger partial charge in [0, 0.05) is 16.4 Å². The van der Waals surface area contributed by atoms with Crippen LogP contribution in [0.15, 0.2) is 52.5 Å². The average Bonchev–Trinajstić information content (AvgIpc) is 3.37.